The Kier molecular flexibility index (Phi) is 4.50. The fraction of sp³-hybridized carbons (Fsp3) is 0.240. The van der Waals surface area contributed by atoms with Crippen molar-refractivity contribution in [3.8, 4) is 33.9 Å². The summed E-state index contributed by atoms with van der Waals surface area (Å²) in [5, 5.41) is 5.24. The molecule has 4 heterocycles. The second kappa shape index (κ2) is 7.33. The first-order valence-electron chi connectivity index (χ1n) is 11.0. The molecule has 1 aliphatic carbocycles. The number of primary sulfonamides is 1. The number of nitrogens with zero attached hydrogens (tertiary/aromatic N) is 4. The lowest BCUT2D eigenvalue weighted by molar-refractivity contribution is 0.530. The molecule has 6 rings (SSSR count). The van der Waals surface area contributed by atoms with Gasteiger partial charge in [-0.2, -0.15) is 0 Å². The number of pyridine rings is 2. The maximum atomic E-state index is 11.6. The van der Waals surface area contributed by atoms with Crippen molar-refractivity contribution in [3.63, 3.8) is 0 Å². The number of nitrogens with two attached hydrogens (primary N) is 1. The van der Waals surface area contributed by atoms with E-state index in [1.807, 2.05) is 37.3 Å². The van der Waals surface area contributed by atoms with Gasteiger partial charge in [0.25, 0.3) is 0 Å². The highest BCUT2D eigenvalue weighted by atomic mass is 32.2. The third kappa shape index (κ3) is 3.37. The van der Waals surface area contributed by atoms with Crippen LogP contribution in [-0.4, -0.2) is 27.9 Å². The predicted molar refractivity (Wildman–Crippen MR) is 126 cm³/mol. The Morgan fingerprint density at radius 2 is 1.79 bits per heavy atom. The quantitative estimate of drug-likeness (QED) is 0.487. The molecule has 0 saturated heterocycles. The highest BCUT2D eigenvalue weighted by molar-refractivity contribution is 7.89. The standard InChI is InChI=1S/C25H23N5O2S/c1-15-3-2-4-21(28-15)23-24(30-19-8-5-18(13-19)25(30)29-23)17-11-12-27-22(14-17)16-6-9-20(10-7-16)33(26,31)32/h2-4,6-7,9-12,14,18-19H,5,8,13H2,1H3,(H2,26,31,32). The van der Waals surface area contributed by atoms with E-state index in [4.69, 9.17) is 15.1 Å². The Bertz CT molecular complexity index is 1490. The maximum absolute atomic E-state index is 11.6. The SMILES string of the molecule is Cc1cccc(-c2nc3n(c2-c2ccnc(-c4ccc(S(N)(=O)=O)cc4)c2)C2CCC3C2)n1. The van der Waals surface area contributed by atoms with Gasteiger partial charge in [-0.15, -0.1) is 0 Å². The summed E-state index contributed by atoms with van der Waals surface area (Å²) in [5.74, 6) is 1.68. The van der Waals surface area contributed by atoms with Crippen LogP contribution in [0.5, 0.6) is 0 Å². The molecule has 8 heteroatoms. The Balaban J connectivity index is 1.50. The lowest BCUT2D eigenvalue weighted by Crippen LogP contribution is -2.11. The van der Waals surface area contributed by atoms with Gasteiger partial charge in [-0.1, -0.05) is 18.2 Å². The molecule has 2 aliphatic rings. The first kappa shape index (κ1) is 20.3. The van der Waals surface area contributed by atoms with Gasteiger partial charge in [-0.3, -0.25) is 9.97 Å². The lowest BCUT2D eigenvalue weighted by atomic mass is 10.0. The van der Waals surface area contributed by atoms with E-state index in [2.05, 4.69) is 9.55 Å². The number of sulfonamides is 1. The first-order valence-corrected chi connectivity index (χ1v) is 12.6. The average molecular weight is 458 g/mol. The summed E-state index contributed by atoms with van der Waals surface area (Å²) in [5.41, 5.74) is 6.44. The second-order valence-corrected chi connectivity index (χ2v) is 10.4. The summed E-state index contributed by atoms with van der Waals surface area (Å²) in [6.45, 7) is 1.99. The fourth-order valence-electron chi connectivity index (χ4n) is 5.21. The van der Waals surface area contributed by atoms with E-state index in [0.717, 1.165) is 51.8 Å². The molecule has 166 valence electrons. The van der Waals surface area contributed by atoms with Crippen LogP contribution in [0.15, 0.2) is 65.7 Å². The third-order valence-corrected chi connectivity index (χ3v) is 7.65. The van der Waals surface area contributed by atoms with Crippen LogP contribution < -0.4 is 5.14 Å². The van der Waals surface area contributed by atoms with E-state index >= 15 is 0 Å². The van der Waals surface area contributed by atoms with Crippen molar-refractivity contribution in [1.29, 1.82) is 0 Å². The minimum absolute atomic E-state index is 0.0832. The normalized spacial score (nSPS) is 19.1. The van der Waals surface area contributed by atoms with Crippen molar-refractivity contribution in [3.05, 3.63) is 72.3 Å². The van der Waals surface area contributed by atoms with E-state index in [1.165, 1.54) is 25.0 Å². The lowest BCUT2D eigenvalue weighted by Gasteiger charge is -2.17. The molecule has 2 atom stereocenters. The van der Waals surface area contributed by atoms with Crippen LogP contribution in [-0.2, 0) is 10.0 Å². The second-order valence-electron chi connectivity index (χ2n) is 8.86. The van der Waals surface area contributed by atoms with Gasteiger partial charge in [0.2, 0.25) is 10.0 Å². The topological polar surface area (TPSA) is 104 Å². The van der Waals surface area contributed by atoms with Crippen LogP contribution in [0.2, 0.25) is 0 Å². The Hall–Kier alpha value is -3.36. The van der Waals surface area contributed by atoms with Crippen LogP contribution >= 0.6 is 0 Å². The minimum Gasteiger partial charge on any atom is -0.324 e. The third-order valence-electron chi connectivity index (χ3n) is 6.72. The number of fused-ring (bicyclic) bond motifs is 5. The molecule has 4 aromatic rings. The molecule has 0 spiro atoms. The molecule has 1 fully saturated rings. The molecular formula is C25H23N5O2S. The predicted octanol–water partition coefficient (Wildman–Crippen LogP) is 4.45. The number of aromatic nitrogens is 4. The number of hydrogen-bond acceptors (Lipinski definition) is 5. The van der Waals surface area contributed by atoms with Crippen molar-refractivity contribution in [2.24, 2.45) is 5.14 Å². The molecule has 3 aromatic heterocycles. The molecule has 2 bridgehead atoms. The average Bonchev–Trinajstić information content (AvgIpc) is 3.51. The smallest absolute Gasteiger partial charge is 0.238 e. The summed E-state index contributed by atoms with van der Waals surface area (Å²) in [6.07, 6.45) is 5.32. The molecule has 33 heavy (non-hydrogen) atoms. The van der Waals surface area contributed by atoms with Crippen LogP contribution in [0.3, 0.4) is 0 Å². The molecule has 2 unspecified atom stereocenters. The summed E-state index contributed by atoms with van der Waals surface area (Å²) < 4.78 is 25.6. The molecule has 0 radical (unpaired) electrons. The number of hydrogen-bond donors (Lipinski definition) is 1. The van der Waals surface area contributed by atoms with Crippen LogP contribution in [0.4, 0.5) is 0 Å². The Labute approximate surface area is 192 Å². The zero-order chi connectivity index (χ0) is 22.7. The minimum atomic E-state index is -3.74. The summed E-state index contributed by atoms with van der Waals surface area (Å²) >= 11 is 0. The zero-order valence-electron chi connectivity index (χ0n) is 18.1. The first-order chi connectivity index (χ1) is 15.9. The number of aryl methyl sites for hydroxylation is 1. The van der Waals surface area contributed by atoms with Crippen molar-refractivity contribution < 1.29 is 8.42 Å². The van der Waals surface area contributed by atoms with Crippen molar-refractivity contribution in [2.45, 2.75) is 43.0 Å². The maximum Gasteiger partial charge on any atom is 0.238 e. The molecular weight excluding hydrogens is 434 g/mol. The summed E-state index contributed by atoms with van der Waals surface area (Å²) in [6, 6.07) is 17.0. The number of benzene rings is 1. The van der Waals surface area contributed by atoms with E-state index in [0.29, 0.717) is 12.0 Å². The van der Waals surface area contributed by atoms with Crippen LogP contribution in [0, 0.1) is 6.92 Å². The highest BCUT2D eigenvalue weighted by Crippen LogP contribution is 2.52. The van der Waals surface area contributed by atoms with Gasteiger partial charge in [0.15, 0.2) is 0 Å². The van der Waals surface area contributed by atoms with Gasteiger partial charge in [0.05, 0.1) is 22.0 Å². The molecule has 1 aromatic carbocycles. The largest absolute Gasteiger partial charge is 0.324 e. The zero-order valence-corrected chi connectivity index (χ0v) is 19.0. The van der Waals surface area contributed by atoms with E-state index < -0.39 is 10.0 Å². The van der Waals surface area contributed by atoms with Gasteiger partial charge in [0.1, 0.15) is 11.5 Å². The van der Waals surface area contributed by atoms with Gasteiger partial charge >= 0.3 is 0 Å². The Morgan fingerprint density at radius 3 is 2.55 bits per heavy atom. The molecule has 1 saturated carbocycles. The van der Waals surface area contributed by atoms with Gasteiger partial charge in [-0.25, -0.2) is 18.5 Å². The van der Waals surface area contributed by atoms with Gasteiger partial charge in [0, 0.05) is 35.0 Å². The molecule has 0 amide bonds. The van der Waals surface area contributed by atoms with Crippen molar-refractivity contribution in [1.82, 2.24) is 19.5 Å². The monoisotopic (exact) mass is 457 g/mol. The van der Waals surface area contributed by atoms with Crippen LogP contribution in [0.1, 0.15) is 42.7 Å². The molecule has 1 aliphatic heterocycles. The van der Waals surface area contributed by atoms with Gasteiger partial charge in [-0.05, 0) is 62.6 Å². The van der Waals surface area contributed by atoms with E-state index in [1.54, 1.807) is 18.3 Å². The van der Waals surface area contributed by atoms with Crippen molar-refractivity contribution in [2.75, 3.05) is 0 Å². The molecule has 2 N–H and O–H groups in total. The Morgan fingerprint density at radius 1 is 0.970 bits per heavy atom. The van der Waals surface area contributed by atoms with E-state index in [-0.39, 0.29) is 4.90 Å². The van der Waals surface area contributed by atoms with Crippen molar-refractivity contribution >= 4 is 10.0 Å². The highest BCUT2D eigenvalue weighted by Gasteiger charge is 2.41. The van der Waals surface area contributed by atoms with Gasteiger partial charge < -0.3 is 4.57 Å². The summed E-state index contributed by atoms with van der Waals surface area (Å²) in [7, 11) is -3.74. The molecule has 7 nitrogen and oxygen atoms in total. The fourth-order valence-corrected chi connectivity index (χ4v) is 5.73. The van der Waals surface area contributed by atoms with Crippen LogP contribution in [0.25, 0.3) is 33.9 Å². The number of rotatable bonds is 4. The van der Waals surface area contributed by atoms with E-state index in [9.17, 15) is 8.42 Å². The summed E-state index contributed by atoms with van der Waals surface area (Å²) in [4.78, 5) is 14.5. The number of imidazole rings is 1.